The summed E-state index contributed by atoms with van der Waals surface area (Å²) < 4.78 is 19.5. The molecule has 0 saturated heterocycles. The van der Waals surface area contributed by atoms with E-state index in [-0.39, 0.29) is 16.5 Å². The summed E-state index contributed by atoms with van der Waals surface area (Å²) >= 11 is 1.11. The zero-order valence-electron chi connectivity index (χ0n) is 17.8. The van der Waals surface area contributed by atoms with Crippen LogP contribution in [0.5, 0.6) is 0 Å². The van der Waals surface area contributed by atoms with Crippen molar-refractivity contribution in [2.75, 3.05) is 4.90 Å². The molecule has 0 spiro atoms. The second-order valence-corrected chi connectivity index (χ2v) is 9.09. The number of nitrogens with zero attached hydrogens (tertiary/aromatic N) is 2. The summed E-state index contributed by atoms with van der Waals surface area (Å²) in [6, 6.07) is 13.8. The normalized spacial score (nSPS) is 16.4. The summed E-state index contributed by atoms with van der Waals surface area (Å²) in [6.07, 6.45) is 1.36. The highest BCUT2D eigenvalue weighted by molar-refractivity contribution is 7.22. The number of anilines is 1. The average molecular weight is 463 g/mol. The van der Waals surface area contributed by atoms with Crippen molar-refractivity contribution in [2.24, 2.45) is 0 Å². The van der Waals surface area contributed by atoms with E-state index in [2.05, 4.69) is 18.8 Å². The molecule has 0 radical (unpaired) electrons. The Labute approximate surface area is 192 Å². The number of fused-ring (bicyclic) bond motifs is 1. The minimum absolute atomic E-state index is 0.0152. The number of carbonyl (C=O) groups is 2. The monoisotopic (exact) mass is 462 g/mol. The lowest BCUT2D eigenvalue weighted by molar-refractivity contribution is -0.117. The Morgan fingerprint density at radius 1 is 1.18 bits per heavy atom. The molecular formula is C25H19FN2O4S. The Morgan fingerprint density at radius 2 is 1.94 bits per heavy atom. The minimum Gasteiger partial charge on any atom is -0.503 e. The Bertz CT molecular complexity index is 1400. The highest BCUT2D eigenvalue weighted by Crippen LogP contribution is 2.44. The van der Waals surface area contributed by atoms with Gasteiger partial charge in [-0.2, -0.15) is 0 Å². The summed E-state index contributed by atoms with van der Waals surface area (Å²) in [5.74, 6) is -2.09. The first-order valence-electron chi connectivity index (χ1n) is 10.4. The lowest BCUT2D eigenvalue weighted by atomic mass is 9.93. The Kier molecular flexibility index (Phi) is 5.09. The maximum atomic E-state index is 13.7. The summed E-state index contributed by atoms with van der Waals surface area (Å²) in [5, 5.41) is 11.1. The zero-order chi connectivity index (χ0) is 23.3. The molecule has 3 heterocycles. The smallest absolute Gasteiger partial charge is 0.296 e. The topological polar surface area (TPSA) is 83.6 Å². The number of aliphatic hydroxyl groups is 1. The summed E-state index contributed by atoms with van der Waals surface area (Å²) in [5.41, 5.74) is 2.16. The van der Waals surface area contributed by atoms with E-state index in [9.17, 15) is 19.1 Å². The molecule has 1 N–H and O–H groups in total. The lowest BCUT2D eigenvalue weighted by Gasteiger charge is -2.24. The number of halogens is 1. The highest BCUT2D eigenvalue weighted by Gasteiger charge is 2.46. The van der Waals surface area contributed by atoms with Crippen LogP contribution in [0.25, 0.3) is 10.2 Å². The van der Waals surface area contributed by atoms with Crippen LogP contribution in [0.1, 0.15) is 47.5 Å². The van der Waals surface area contributed by atoms with Crippen molar-refractivity contribution in [2.45, 2.75) is 25.8 Å². The number of rotatable bonds is 5. The van der Waals surface area contributed by atoms with Gasteiger partial charge in [-0.25, -0.2) is 9.37 Å². The van der Waals surface area contributed by atoms with Crippen LogP contribution in [-0.2, 0) is 4.79 Å². The minimum atomic E-state index is -0.915. The van der Waals surface area contributed by atoms with Gasteiger partial charge in [0, 0.05) is 0 Å². The summed E-state index contributed by atoms with van der Waals surface area (Å²) in [4.78, 5) is 32.3. The van der Waals surface area contributed by atoms with Gasteiger partial charge in [0.05, 0.1) is 28.1 Å². The molecule has 5 rings (SSSR count). The van der Waals surface area contributed by atoms with E-state index in [1.807, 2.05) is 24.3 Å². The first kappa shape index (κ1) is 21.1. The fourth-order valence-corrected chi connectivity index (χ4v) is 4.96. The predicted octanol–water partition coefficient (Wildman–Crippen LogP) is 5.93. The molecule has 0 fully saturated rings. The van der Waals surface area contributed by atoms with Gasteiger partial charge in [0.1, 0.15) is 5.82 Å². The summed E-state index contributed by atoms with van der Waals surface area (Å²) in [6.45, 7) is 4.14. The van der Waals surface area contributed by atoms with Gasteiger partial charge in [0.2, 0.25) is 5.78 Å². The van der Waals surface area contributed by atoms with Crippen molar-refractivity contribution in [3.63, 3.8) is 0 Å². The number of carbonyl (C=O) groups excluding carboxylic acids is 2. The number of Topliss-reactive ketones (excluding diaryl/α,β-unsaturated/α-hetero) is 1. The van der Waals surface area contributed by atoms with Gasteiger partial charge in [-0.3, -0.25) is 14.5 Å². The first-order valence-corrected chi connectivity index (χ1v) is 11.2. The van der Waals surface area contributed by atoms with Gasteiger partial charge in [-0.05, 0) is 47.4 Å². The van der Waals surface area contributed by atoms with Crippen molar-refractivity contribution in [3.8, 4) is 0 Å². The molecule has 1 aliphatic rings. The van der Waals surface area contributed by atoms with Crippen LogP contribution in [0.4, 0.5) is 9.52 Å². The second kappa shape index (κ2) is 7.97. The molecule has 33 heavy (non-hydrogen) atoms. The maximum Gasteiger partial charge on any atom is 0.296 e. The molecule has 0 bridgehead atoms. The Morgan fingerprint density at radius 3 is 2.61 bits per heavy atom. The molecule has 8 heteroatoms. The first-order chi connectivity index (χ1) is 15.8. The van der Waals surface area contributed by atoms with E-state index in [4.69, 9.17) is 4.42 Å². The van der Waals surface area contributed by atoms with Crippen LogP contribution in [0.3, 0.4) is 0 Å². The van der Waals surface area contributed by atoms with Gasteiger partial charge in [-0.1, -0.05) is 49.4 Å². The quantitative estimate of drug-likeness (QED) is 0.372. The van der Waals surface area contributed by atoms with E-state index in [1.54, 1.807) is 6.07 Å². The maximum absolute atomic E-state index is 13.7. The average Bonchev–Trinajstić information content (AvgIpc) is 3.52. The van der Waals surface area contributed by atoms with E-state index >= 15 is 0 Å². The van der Waals surface area contributed by atoms with E-state index < -0.39 is 29.3 Å². The van der Waals surface area contributed by atoms with Gasteiger partial charge in [0.15, 0.2) is 16.7 Å². The molecule has 2 aromatic heterocycles. The molecule has 0 saturated carbocycles. The third-order valence-electron chi connectivity index (χ3n) is 5.66. The number of hydrogen-bond donors (Lipinski definition) is 1. The van der Waals surface area contributed by atoms with E-state index in [0.717, 1.165) is 16.9 Å². The molecule has 1 amide bonds. The molecule has 1 aliphatic heterocycles. The number of amides is 1. The molecule has 2 aromatic carbocycles. The van der Waals surface area contributed by atoms with Gasteiger partial charge in [0.25, 0.3) is 5.91 Å². The molecule has 6 nitrogen and oxygen atoms in total. The standard InChI is InChI=1S/C25H19FN2O4S/c1-13(2)14-5-7-15(8-6-14)21-20(22(29)18-4-3-11-32-18)23(30)24(31)28(21)25-27-17-10-9-16(26)12-19(17)33-25/h3-13,21,30H,1-2H3/t21-/m0/s1. The van der Waals surface area contributed by atoms with Crippen molar-refractivity contribution in [1.29, 1.82) is 0 Å². The number of aromatic nitrogens is 1. The molecule has 4 aromatic rings. The third-order valence-corrected chi connectivity index (χ3v) is 6.68. The fourth-order valence-electron chi connectivity index (χ4n) is 3.94. The number of ketones is 1. The lowest BCUT2D eigenvalue weighted by Crippen LogP contribution is -2.31. The predicted molar refractivity (Wildman–Crippen MR) is 123 cm³/mol. The van der Waals surface area contributed by atoms with Gasteiger partial charge >= 0.3 is 0 Å². The highest BCUT2D eigenvalue weighted by atomic mass is 32.1. The van der Waals surface area contributed by atoms with Crippen molar-refractivity contribution in [1.82, 2.24) is 4.98 Å². The number of aliphatic hydroxyl groups excluding tert-OH is 1. The molecule has 0 unspecified atom stereocenters. The fraction of sp³-hybridized carbons (Fsp3) is 0.160. The summed E-state index contributed by atoms with van der Waals surface area (Å²) in [7, 11) is 0. The molecule has 1 atom stereocenters. The van der Waals surface area contributed by atoms with Crippen LogP contribution < -0.4 is 4.90 Å². The molecule has 0 aliphatic carbocycles. The number of benzene rings is 2. The molecular weight excluding hydrogens is 443 g/mol. The van der Waals surface area contributed by atoms with Crippen molar-refractivity contribution in [3.05, 3.63) is 94.9 Å². The van der Waals surface area contributed by atoms with Crippen molar-refractivity contribution < 1.29 is 23.5 Å². The second-order valence-electron chi connectivity index (χ2n) is 8.08. The SMILES string of the molecule is CC(C)c1ccc([C@H]2C(C(=O)c3ccco3)=C(O)C(=O)N2c2nc3ccc(F)cc3s2)cc1. The number of furan rings is 1. The van der Waals surface area contributed by atoms with E-state index in [0.29, 0.717) is 21.7 Å². The third kappa shape index (κ3) is 3.52. The Balaban J connectivity index is 1.67. The van der Waals surface area contributed by atoms with E-state index in [1.165, 1.54) is 35.4 Å². The van der Waals surface area contributed by atoms with Crippen molar-refractivity contribution >= 4 is 38.4 Å². The largest absolute Gasteiger partial charge is 0.503 e. The van der Waals surface area contributed by atoms with Crippen LogP contribution in [0, 0.1) is 5.82 Å². The number of hydrogen-bond acceptors (Lipinski definition) is 6. The van der Waals surface area contributed by atoms with Crippen LogP contribution in [0.2, 0.25) is 0 Å². The van der Waals surface area contributed by atoms with Crippen LogP contribution in [0.15, 0.2) is 76.6 Å². The number of thiazole rings is 1. The van der Waals surface area contributed by atoms with Gasteiger partial charge in [-0.15, -0.1) is 0 Å². The van der Waals surface area contributed by atoms with Crippen LogP contribution in [-0.4, -0.2) is 21.8 Å². The van der Waals surface area contributed by atoms with Crippen LogP contribution >= 0.6 is 11.3 Å². The van der Waals surface area contributed by atoms with Gasteiger partial charge < -0.3 is 9.52 Å². The zero-order valence-corrected chi connectivity index (χ0v) is 18.6. The Hall–Kier alpha value is -3.78. The molecule has 166 valence electrons.